The van der Waals surface area contributed by atoms with Crippen LogP contribution in [0.2, 0.25) is 0 Å². The molecule has 1 aromatic carbocycles. The molecule has 0 saturated carbocycles. The van der Waals surface area contributed by atoms with Gasteiger partial charge in [0.1, 0.15) is 11.9 Å². The fraction of sp³-hybridized carbons (Fsp3) is 0.478. The van der Waals surface area contributed by atoms with Crippen LogP contribution in [0.4, 0.5) is 0 Å². The van der Waals surface area contributed by atoms with Gasteiger partial charge in [0.05, 0.1) is 0 Å². The van der Waals surface area contributed by atoms with Crippen molar-refractivity contribution in [3.05, 3.63) is 46.5 Å². The molecule has 1 aromatic rings. The van der Waals surface area contributed by atoms with Gasteiger partial charge in [-0.15, -0.1) is 0 Å². The summed E-state index contributed by atoms with van der Waals surface area (Å²) in [6.07, 6.45) is 8.03. The van der Waals surface area contributed by atoms with E-state index in [9.17, 15) is 9.59 Å². The molecule has 0 heterocycles. The second-order valence-corrected chi connectivity index (χ2v) is 7.83. The molecule has 0 amide bonds. The van der Waals surface area contributed by atoms with Crippen LogP contribution in [0.5, 0.6) is 5.75 Å². The van der Waals surface area contributed by atoms with Crippen LogP contribution in [0, 0.1) is 5.41 Å². The molecule has 0 N–H and O–H groups in total. The summed E-state index contributed by atoms with van der Waals surface area (Å²) in [6, 6.07) is 6.00. The minimum Gasteiger partial charge on any atom is -0.461 e. The average molecular weight is 366 g/mol. The van der Waals surface area contributed by atoms with Gasteiger partial charge < -0.3 is 9.47 Å². The minimum absolute atomic E-state index is 0.0281. The third-order valence-corrected chi connectivity index (χ3v) is 6.45. The third-order valence-electron chi connectivity index (χ3n) is 6.45. The van der Waals surface area contributed by atoms with Crippen LogP contribution in [-0.4, -0.2) is 18.0 Å². The molecule has 0 saturated heterocycles. The predicted molar refractivity (Wildman–Crippen MR) is 103 cm³/mol. The summed E-state index contributed by atoms with van der Waals surface area (Å²) in [5, 5.41) is 0. The SMILES string of the molecule is CC[C@@]12CCC3=C(CCc4cc(OC(C)=O)ccc43)C1=CC[C@H]2OC(C)=O. The Kier molecular flexibility index (Phi) is 4.45. The van der Waals surface area contributed by atoms with Gasteiger partial charge in [0.2, 0.25) is 0 Å². The normalized spacial score (nSPS) is 25.9. The Morgan fingerprint density at radius 1 is 1.11 bits per heavy atom. The molecule has 3 aliphatic carbocycles. The highest BCUT2D eigenvalue weighted by Crippen LogP contribution is 2.58. The summed E-state index contributed by atoms with van der Waals surface area (Å²) in [4.78, 5) is 22.8. The highest BCUT2D eigenvalue weighted by Gasteiger charge is 2.49. The third kappa shape index (κ3) is 2.91. The van der Waals surface area contributed by atoms with Gasteiger partial charge in [-0.2, -0.15) is 0 Å². The number of hydrogen-bond donors (Lipinski definition) is 0. The lowest BCUT2D eigenvalue weighted by Crippen LogP contribution is -2.38. The van der Waals surface area contributed by atoms with Crippen LogP contribution in [0.25, 0.3) is 5.57 Å². The van der Waals surface area contributed by atoms with E-state index < -0.39 is 0 Å². The Bertz CT molecular complexity index is 876. The van der Waals surface area contributed by atoms with Gasteiger partial charge in [0, 0.05) is 25.7 Å². The molecule has 0 fully saturated rings. The van der Waals surface area contributed by atoms with Crippen molar-refractivity contribution < 1.29 is 19.1 Å². The van der Waals surface area contributed by atoms with E-state index in [2.05, 4.69) is 19.1 Å². The zero-order valence-electron chi connectivity index (χ0n) is 16.3. The largest absolute Gasteiger partial charge is 0.461 e. The lowest BCUT2D eigenvalue weighted by molar-refractivity contribution is -0.151. The summed E-state index contributed by atoms with van der Waals surface area (Å²) < 4.78 is 11.0. The van der Waals surface area contributed by atoms with Gasteiger partial charge in [0.25, 0.3) is 0 Å². The van der Waals surface area contributed by atoms with E-state index in [1.807, 2.05) is 12.1 Å². The number of fused-ring (bicyclic) bond motifs is 4. The number of aryl methyl sites for hydroxylation is 1. The smallest absolute Gasteiger partial charge is 0.308 e. The lowest BCUT2D eigenvalue weighted by atomic mass is 9.63. The van der Waals surface area contributed by atoms with Gasteiger partial charge in [-0.25, -0.2) is 0 Å². The fourth-order valence-electron chi connectivity index (χ4n) is 5.31. The monoisotopic (exact) mass is 366 g/mol. The van der Waals surface area contributed by atoms with Crippen LogP contribution in [0.1, 0.15) is 64.0 Å². The molecule has 142 valence electrons. The first-order chi connectivity index (χ1) is 12.9. The second-order valence-electron chi connectivity index (χ2n) is 7.83. The van der Waals surface area contributed by atoms with Crippen molar-refractivity contribution in [2.75, 3.05) is 0 Å². The van der Waals surface area contributed by atoms with Crippen molar-refractivity contribution in [2.24, 2.45) is 5.41 Å². The highest BCUT2D eigenvalue weighted by atomic mass is 16.5. The van der Waals surface area contributed by atoms with Crippen LogP contribution < -0.4 is 4.74 Å². The number of hydrogen-bond acceptors (Lipinski definition) is 4. The Hall–Kier alpha value is -2.36. The van der Waals surface area contributed by atoms with Crippen molar-refractivity contribution >= 4 is 17.5 Å². The first-order valence-electron chi connectivity index (χ1n) is 9.86. The van der Waals surface area contributed by atoms with E-state index in [0.29, 0.717) is 5.75 Å². The molecule has 0 spiro atoms. The van der Waals surface area contributed by atoms with Crippen molar-refractivity contribution in [3.63, 3.8) is 0 Å². The van der Waals surface area contributed by atoms with Gasteiger partial charge in [-0.3, -0.25) is 9.59 Å². The Morgan fingerprint density at radius 3 is 2.63 bits per heavy atom. The van der Waals surface area contributed by atoms with Gasteiger partial charge in [0.15, 0.2) is 0 Å². The minimum atomic E-state index is -0.288. The Balaban J connectivity index is 1.71. The number of esters is 2. The Morgan fingerprint density at radius 2 is 1.93 bits per heavy atom. The lowest BCUT2D eigenvalue weighted by Gasteiger charge is -2.43. The molecular formula is C23H26O4. The second kappa shape index (κ2) is 6.66. The average Bonchev–Trinajstić information content (AvgIpc) is 2.99. The summed E-state index contributed by atoms with van der Waals surface area (Å²) in [5.74, 6) is 0.150. The molecule has 0 aliphatic heterocycles. The fourth-order valence-corrected chi connectivity index (χ4v) is 5.31. The topological polar surface area (TPSA) is 52.6 Å². The molecule has 2 atom stereocenters. The maximum Gasteiger partial charge on any atom is 0.308 e. The highest BCUT2D eigenvalue weighted by molar-refractivity contribution is 5.80. The number of rotatable bonds is 3. The number of benzene rings is 1. The predicted octanol–water partition coefficient (Wildman–Crippen LogP) is 4.76. The van der Waals surface area contributed by atoms with Crippen LogP contribution in [-0.2, 0) is 20.7 Å². The number of carbonyl (C=O) groups is 2. The van der Waals surface area contributed by atoms with E-state index in [1.165, 1.54) is 41.7 Å². The maximum atomic E-state index is 11.6. The molecule has 4 heteroatoms. The molecule has 0 radical (unpaired) electrons. The molecular weight excluding hydrogens is 340 g/mol. The first-order valence-corrected chi connectivity index (χ1v) is 9.86. The van der Waals surface area contributed by atoms with E-state index in [1.54, 1.807) is 0 Å². The molecule has 0 bridgehead atoms. The van der Waals surface area contributed by atoms with E-state index in [4.69, 9.17) is 9.47 Å². The van der Waals surface area contributed by atoms with Crippen molar-refractivity contribution in [3.8, 4) is 5.75 Å². The molecule has 27 heavy (non-hydrogen) atoms. The quantitative estimate of drug-likeness (QED) is 0.571. The molecule has 4 nitrogen and oxygen atoms in total. The Labute approximate surface area is 160 Å². The molecule has 3 aliphatic rings. The molecule has 0 aromatic heterocycles. The molecule has 0 unspecified atom stereocenters. The zero-order chi connectivity index (χ0) is 19.2. The summed E-state index contributed by atoms with van der Waals surface area (Å²) in [7, 11) is 0. The van der Waals surface area contributed by atoms with Gasteiger partial charge >= 0.3 is 11.9 Å². The van der Waals surface area contributed by atoms with Gasteiger partial charge in [-0.05, 0) is 72.1 Å². The zero-order valence-corrected chi connectivity index (χ0v) is 16.3. The standard InChI is InChI=1S/C23H26O4/c1-4-23-12-11-19-18-8-6-17(26-14(2)24)13-16(18)5-7-20(19)21(23)9-10-22(23)27-15(3)25/h6,8-9,13,22H,4-5,7,10-12H2,1-3H3/t22-,23-/m1/s1. The maximum absolute atomic E-state index is 11.6. The van der Waals surface area contributed by atoms with Crippen molar-refractivity contribution in [2.45, 2.75) is 65.4 Å². The number of ether oxygens (including phenoxy) is 2. The van der Waals surface area contributed by atoms with E-state index >= 15 is 0 Å². The van der Waals surface area contributed by atoms with Crippen LogP contribution >= 0.6 is 0 Å². The van der Waals surface area contributed by atoms with Gasteiger partial charge in [-0.1, -0.05) is 19.1 Å². The summed E-state index contributed by atoms with van der Waals surface area (Å²) in [5.41, 5.74) is 6.79. The summed E-state index contributed by atoms with van der Waals surface area (Å²) >= 11 is 0. The van der Waals surface area contributed by atoms with Crippen molar-refractivity contribution in [1.29, 1.82) is 0 Å². The van der Waals surface area contributed by atoms with E-state index in [0.717, 1.165) is 38.5 Å². The van der Waals surface area contributed by atoms with Crippen LogP contribution in [0.3, 0.4) is 0 Å². The first kappa shape index (κ1) is 18.0. The number of carbonyl (C=O) groups excluding carboxylic acids is 2. The number of allylic oxidation sites excluding steroid dienone is 2. The van der Waals surface area contributed by atoms with Crippen LogP contribution in [0.15, 0.2) is 35.4 Å². The molecule has 4 rings (SSSR count). The summed E-state index contributed by atoms with van der Waals surface area (Å²) in [6.45, 7) is 5.15. The van der Waals surface area contributed by atoms with E-state index in [-0.39, 0.29) is 23.5 Å². The van der Waals surface area contributed by atoms with Crippen molar-refractivity contribution in [1.82, 2.24) is 0 Å².